The first-order valence-electron chi connectivity index (χ1n) is 3.44. The van der Waals surface area contributed by atoms with Crippen LogP contribution in [0.4, 0.5) is 0 Å². The van der Waals surface area contributed by atoms with Gasteiger partial charge in [-0.1, -0.05) is 0 Å². The Morgan fingerprint density at radius 3 is 2.92 bits per heavy atom. The lowest BCUT2D eigenvalue weighted by Crippen LogP contribution is -2.27. The van der Waals surface area contributed by atoms with Crippen molar-refractivity contribution in [2.24, 2.45) is 0 Å². The summed E-state index contributed by atoms with van der Waals surface area (Å²) in [5.74, 6) is 0. The van der Waals surface area contributed by atoms with E-state index in [-0.39, 0.29) is 6.17 Å². The number of aromatic nitrogens is 2. The maximum absolute atomic E-state index is 4.86. The third-order valence-corrected chi connectivity index (χ3v) is 1.70. The maximum atomic E-state index is 4.86. The molecule has 1 aromatic heterocycles. The summed E-state index contributed by atoms with van der Waals surface area (Å²) in [6, 6.07) is 0. The van der Waals surface area contributed by atoms with Gasteiger partial charge in [0.25, 0.3) is 0 Å². The third kappa shape index (κ3) is 1.34. The molecule has 0 aromatic carbocycles. The Balaban J connectivity index is 2.16. The number of hydrogen-bond donors (Lipinski definition) is 3. The second kappa shape index (κ2) is 3.00. The van der Waals surface area contributed by atoms with Gasteiger partial charge in [-0.2, -0.15) is 0 Å². The van der Waals surface area contributed by atoms with Crippen molar-refractivity contribution in [1.82, 2.24) is 26.1 Å². The van der Waals surface area contributed by atoms with Crippen LogP contribution in [0.3, 0.4) is 0 Å². The highest BCUT2D eigenvalue weighted by Crippen LogP contribution is 2.05. The van der Waals surface area contributed by atoms with Gasteiger partial charge in [0.2, 0.25) is 0 Å². The second-order valence-electron chi connectivity index (χ2n) is 2.31. The molecular formula is C6H7N5S. The highest BCUT2D eigenvalue weighted by atomic mass is 32.1. The second-order valence-corrected chi connectivity index (χ2v) is 2.71. The Kier molecular flexibility index (Phi) is 1.84. The number of hydrazine groups is 1. The highest BCUT2D eigenvalue weighted by Gasteiger charge is 2.18. The lowest BCUT2D eigenvalue weighted by Gasteiger charge is -2.06. The summed E-state index contributed by atoms with van der Waals surface area (Å²) in [5, 5.41) is 3.55. The van der Waals surface area contributed by atoms with E-state index in [0.717, 1.165) is 5.69 Å². The van der Waals surface area contributed by atoms with Crippen molar-refractivity contribution in [2.45, 2.75) is 6.17 Å². The number of thiocarbonyl (C=S) groups is 1. The van der Waals surface area contributed by atoms with Crippen LogP contribution in [-0.2, 0) is 0 Å². The minimum atomic E-state index is -0.0776. The molecule has 5 nitrogen and oxygen atoms in total. The van der Waals surface area contributed by atoms with E-state index in [1.54, 1.807) is 18.6 Å². The number of rotatable bonds is 1. The van der Waals surface area contributed by atoms with Crippen molar-refractivity contribution in [1.29, 1.82) is 0 Å². The molecule has 1 saturated heterocycles. The van der Waals surface area contributed by atoms with E-state index in [4.69, 9.17) is 12.2 Å². The summed E-state index contributed by atoms with van der Waals surface area (Å²) >= 11 is 4.86. The molecule has 1 aliphatic rings. The summed E-state index contributed by atoms with van der Waals surface area (Å²) in [4.78, 5) is 8.05. The van der Waals surface area contributed by atoms with Crippen LogP contribution in [0, 0.1) is 0 Å². The predicted octanol–water partition coefficient (Wildman–Crippen LogP) is -0.543. The molecule has 12 heavy (non-hydrogen) atoms. The smallest absolute Gasteiger partial charge is 0.182 e. The average molecular weight is 181 g/mol. The summed E-state index contributed by atoms with van der Waals surface area (Å²) < 4.78 is 0. The van der Waals surface area contributed by atoms with Crippen LogP contribution in [-0.4, -0.2) is 15.1 Å². The highest BCUT2D eigenvalue weighted by molar-refractivity contribution is 7.80. The molecule has 1 atom stereocenters. The van der Waals surface area contributed by atoms with Crippen molar-refractivity contribution in [3.05, 3.63) is 24.3 Å². The molecular weight excluding hydrogens is 174 g/mol. The Morgan fingerprint density at radius 2 is 2.33 bits per heavy atom. The van der Waals surface area contributed by atoms with Gasteiger partial charge >= 0.3 is 0 Å². The average Bonchev–Trinajstić information content (AvgIpc) is 2.54. The van der Waals surface area contributed by atoms with Gasteiger partial charge in [-0.3, -0.25) is 15.4 Å². The molecule has 0 aliphatic carbocycles. The van der Waals surface area contributed by atoms with E-state index in [1.165, 1.54) is 0 Å². The molecule has 2 rings (SSSR count). The quantitative estimate of drug-likeness (QED) is 0.506. The van der Waals surface area contributed by atoms with Gasteiger partial charge in [0.1, 0.15) is 6.17 Å². The Bertz CT molecular complexity index is 287. The summed E-state index contributed by atoms with van der Waals surface area (Å²) in [6.45, 7) is 0. The minimum Gasteiger partial charge on any atom is -0.340 e. The monoisotopic (exact) mass is 181 g/mol. The van der Waals surface area contributed by atoms with E-state index in [1.807, 2.05) is 0 Å². The summed E-state index contributed by atoms with van der Waals surface area (Å²) in [7, 11) is 0. The first-order valence-corrected chi connectivity index (χ1v) is 3.85. The fraction of sp³-hybridized carbons (Fsp3) is 0.167. The van der Waals surface area contributed by atoms with Gasteiger partial charge in [-0.15, -0.1) is 0 Å². The zero-order valence-corrected chi connectivity index (χ0v) is 6.93. The maximum Gasteiger partial charge on any atom is 0.182 e. The molecule has 3 N–H and O–H groups in total. The molecule has 0 saturated carbocycles. The lowest BCUT2D eigenvalue weighted by molar-refractivity contribution is 0.539. The molecule has 2 heterocycles. The van der Waals surface area contributed by atoms with E-state index >= 15 is 0 Å². The normalized spacial score (nSPS) is 21.7. The van der Waals surface area contributed by atoms with Gasteiger partial charge < -0.3 is 5.32 Å². The molecule has 0 spiro atoms. The van der Waals surface area contributed by atoms with Crippen LogP contribution in [0.5, 0.6) is 0 Å². The third-order valence-electron chi connectivity index (χ3n) is 1.48. The SMILES string of the molecule is S=C1NNC(c2cnccn2)N1. The van der Waals surface area contributed by atoms with Crippen LogP contribution < -0.4 is 16.2 Å². The Hall–Kier alpha value is -1.27. The van der Waals surface area contributed by atoms with Crippen molar-refractivity contribution < 1.29 is 0 Å². The topological polar surface area (TPSA) is 61.9 Å². The fourth-order valence-electron chi connectivity index (χ4n) is 0.949. The number of nitrogens with zero attached hydrogens (tertiary/aromatic N) is 2. The van der Waals surface area contributed by atoms with E-state index in [0.29, 0.717) is 5.11 Å². The van der Waals surface area contributed by atoms with Crippen molar-refractivity contribution in [3.8, 4) is 0 Å². The number of nitrogens with one attached hydrogen (secondary N) is 3. The van der Waals surface area contributed by atoms with Gasteiger partial charge in [-0.25, -0.2) is 5.43 Å². The molecule has 1 aliphatic heterocycles. The van der Waals surface area contributed by atoms with Crippen molar-refractivity contribution in [2.75, 3.05) is 0 Å². The molecule has 1 fully saturated rings. The molecule has 1 aromatic rings. The van der Waals surface area contributed by atoms with Crippen LogP contribution in [0.1, 0.15) is 11.9 Å². The molecule has 0 radical (unpaired) electrons. The predicted molar refractivity (Wildman–Crippen MR) is 46.8 cm³/mol. The molecule has 0 bridgehead atoms. The molecule has 1 unspecified atom stereocenters. The first-order chi connectivity index (χ1) is 5.86. The van der Waals surface area contributed by atoms with E-state index in [9.17, 15) is 0 Å². The van der Waals surface area contributed by atoms with Gasteiger partial charge in [0, 0.05) is 12.4 Å². The number of hydrogen-bond acceptors (Lipinski definition) is 4. The summed E-state index contributed by atoms with van der Waals surface area (Å²) in [6.07, 6.45) is 4.87. The molecule has 0 amide bonds. The van der Waals surface area contributed by atoms with Gasteiger partial charge in [0.15, 0.2) is 5.11 Å². The van der Waals surface area contributed by atoms with Gasteiger partial charge in [0.05, 0.1) is 11.9 Å². The van der Waals surface area contributed by atoms with Crippen molar-refractivity contribution >= 4 is 17.3 Å². The van der Waals surface area contributed by atoms with Crippen molar-refractivity contribution in [3.63, 3.8) is 0 Å². The molecule has 6 heteroatoms. The van der Waals surface area contributed by atoms with Crippen LogP contribution in [0.15, 0.2) is 18.6 Å². The van der Waals surface area contributed by atoms with E-state index < -0.39 is 0 Å². The lowest BCUT2D eigenvalue weighted by atomic mass is 10.4. The first kappa shape index (κ1) is 7.38. The Morgan fingerprint density at radius 1 is 1.42 bits per heavy atom. The van der Waals surface area contributed by atoms with Crippen LogP contribution >= 0.6 is 12.2 Å². The fourth-order valence-corrected chi connectivity index (χ4v) is 1.13. The molecule has 62 valence electrons. The summed E-state index contributed by atoms with van der Waals surface area (Å²) in [5.41, 5.74) is 6.50. The zero-order valence-electron chi connectivity index (χ0n) is 6.11. The zero-order chi connectivity index (χ0) is 8.39. The van der Waals surface area contributed by atoms with Gasteiger partial charge in [-0.05, 0) is 12.2 Å². The van der Waals surface area contributed by atoms with E-state index in [2.05, 4.69) is 26.1 Å². The van der Waals surface area contributed by atoms with Crippen LogP contribution in [0.2, 0.25) is 0 Å². The largest absolute Gasteiger partial charge is 0.340 e. The Labute approximate surface area is 74.6 Å². The minimum absolute atomic E-state index is 0.0776. The standard InChI is InChI=1S/C6H7N5S/c12-6-9-5(10-11-6)4-3-7-1-2-8-4/h1-3,5,10H,(H2,9,11,12). The van der Waals surface area contributed by atoms with Crippen LogP contribution in [0.25, 0.3) is 0 Å².